The Labute approximate surface area is 110 Å². The summed E-state index contributed by atoms with van der Waals surface area (Å²) in [4.78, 5) is 4.80. The van der Waals surface area contributed by atoms with Gasteiger partial charge in [-0.2, -0.15) is 0 Å². The standard InChI is InChI=1S/C14H26N2S/c1-5-11-6-7-12(10(11)4)15-14-16-13(8-17-14)9(2)3/h9-13H,5-8H2,1-4H3,(H,15,16). The topological polar surface area (TPSA) is 24.4 Å². The van der Waals surface area contributed by atoms with Crippen molar-refractivity contribution in [3.05, 3.63) is 0 Å². The Balaban J connectivity index is 1.88. The van der Waals surface area contributed by atoms with E-state index in [9.17, 15) is 0 Å². The van der Waals surface area contributed by atoms with Crippen molar-refractivity contribution >= 4 is 16.9 Å². The molecule has 0 saturated heterocycles. The molecule has 0 amide bonds. The van der Waals surface area contributed by atoms with Crippen LogP contribution in [0.15, 0.2) is 4.99 Å². The lowest BCUT2D eigenvalue weighted by Gasteiger charge is -2.21. The molecule has 4 atom stereocenters. The second kappa shape index (κ2) is 5.64. The van der Waals surface area contributed by atoms with Gasteiger partial charge in [-0.1, -0.05) is 45.9 Å². The molecule has 2 nitrogen and oxygen atoms in total. The van der Waals surface area contributed by atoms with E-state index in [1.807, 2.05) is 11.8 Å². The highest BCUT2D eigenvalue weighted by Crippen LogP contribution is 2.34. The molecule has 1 fully saturated rings. The molecular weight excluding hydrogens is 228 g/mol. The van der Waals surface area contributed by atoms with Gasteiger partial charge < -0.3 is 5.32 Å². The van der Waals surface area contributed by atoms with Crippen LogP contribution in [0.3, 0.4) is 0 Å². The Morgan fingerprint density at radius 2 is 2.18 bits per heavy atom. The van der Waals surface area contributed by atoms with Gasteiger partial charge >= 0.3 is 0 Å². The van der Waals surface area contributed by atoms with Crippen LogP contribution in [-0.2, 0) is 0 Å². The third-order valence-corrected chi connectivity index (χ3v) is 5.51. The van der Waals surface area contributed by atoms with Crippen LogP contribution >= 0.6 is 11.8 Å². The Kier molecular flexibility index (Phi) is 4.40. The van der Waals surface area contributed by atoms with Gasteiger partial charge in [-0.3, -0.25) is 4.99 Å². The van der Waals surface area contributed by atoms with Gasteiger partial charge in [0.1, 0.15) is 0 Å². The molecule has 0 radical (unpaired) electrons. The largest absolute Gasteiger partial charge is 0.362 e. The maximum absolute atomic E-state index is 4.80. The lowest BCUT2D eigenvalue weighted by molar-refractivity contribution is 0.369. The van der Waals surface area contributed by atoms with Gasteiger partial charge in [0.2, 0.25) is 0 Å². The van der Waals surface area contributed by atoms with Crippen LogP contribution in [0, 0.1) is 17.8 Å². The first-order valence-corrected chi connectivity index (χ1v) is 8.07. The van der Waals surface area contributed by atoms with Gasteiger partial charge in [0.25, 0.3) is 0 Å². The van der Waals surface area contributed by atoms with E-state index in [0.717, 1.165) is 17.6 Å². The molecule has 0 aromatic heterocycles. The van der Waals surface area contributed by atoms with Crippen molar-refractivity contribution in [1.82, 2.24) is 5.32 Å². The second-order valence-corrected chi connectivity index (χ2v) is 6.92. The first-order chi connectivity index (χ1) is 8.11. The molecule has 1 heterocycles. The monoisotopic (exact) mass is 254 g/mol. The van der Waals surface area contributed by atoms with Crippen LogP contribution in [0.25, 0.3) is 0 Å². The number of thioether (sulfide) groups is 1. The van der Waals surface area contributed by atoms with Crippen LogP contribution in [0.1, 0.15) is 47.0 Å². The van der Waals surface area contributed by atoms with Crippen LogP contribution in [-0.4, -0.2) is 23.0 Å². The number of hydrogen-bond acceptors (Lipinski definition) is 3. The van der Waals surface area contributed by atoms with Gasteiger partial charge in [0.05, 0.1) is 6.04 Å². The van der Waals surface area contributed by atoms with Crippen molar-refractivity contribution in [2.24, 2.45) is 22.7 Å². The zero-order valence-electron chi connectivity index (χ0n) is 11.6. The summed E-state index contributed by atoms with van der Waals surface area (Å²) in [7, 11) is 0. The van der Waals surface area contributed by atoms with E-state index in [4.69, 9.17) is 4.99 Å². The maximum atomic E-state index is 4.80. The van der Waals surface area contributed by atoms with E-state index >= 15 is 0 Å². The highest BCUT2D eigenvalue weighted by atomic mass is 32.2. The number of amidine groups is 1. The zero-order chi connectivity index (χ0) is 12.4. The van der Waals surface area contributed by atoms with Gasteiger partial charge in [-0.15, -0.1) is 0 Å². The summed E-state index contributed by atoms with van der Waals surface area (Å²) < 4.78 is 0. The minimum atomic E-state index is 0.529. The molecule has 98 valence electrons. The Bertz CT molecular complexity index is 288. The van der Waals surface area contributed by atoms with E-state index in [2.05, 4.69) is 33.0 Å². The molecule has 0 bridgehead atoms. The molecule has 1 saturated carbocycles. The number of aliphatic imine (C=N–C) groups is 1. The molecule has 2 aliphatic rings. The average molecular weight is 254 g/mol. The van der Waals surface area contributed by atoms with E-state index < -0.39 is 0 Å². The van der Waals surface area contributed by atoms with Crippen LogP contribution < -0.4 is 5.32 Å². The smallest absolute Gasteiger partial charge is 0.157 e. The molecule has 3 heteroatoms. The quantitative estimate of drug-likeness (QED) is 0.833. The minimum absolute atomic E-state index is 0.529. The molecule has 1 aliphatic heterocycles. The molecule has 17 heavy (non-hydrogen) atoms. The molecule has 2 rings (SSSR count). The summed E-state index contributed by atoms with van der Waals surface area (Å²) in [5, 5.41) is 4.90. The molecule has 0 aromatic rings. The molecular formula is C14H26N2S. The third kappa shape index (κ3) is 2.98. The molecule has 1 aliphatic carbocycles. The zero-order valence-corrected chi connectivity index (χ0v) is 12.4. The summed E-state index contributed by atoms with van der Waals surface area (Å²) in [6.07, 6.45) is 4.04. The summed E-state index contributed by atoms with van der Waals surface area (Å²) >= 11 is 1.92. The van der Waals surface area contributed by atoms with Crippen LogP contribution in [0.4, 0.5) is 0 Å². The molecule has 1 N–H and O–H groups in total. The van der Waals surface area contributed by atoms with E-state index in [0.29, 0.717) is 18.0 Å². The van der Waals surface area contributed by atoms with Gasteiger partial charge in [0, 0.05) is 11.8 Å². The predicted molar refractivity (Wildman–Crippen MR) is 77.6 cm³/mol. The lowest BCUT2D eigenvalue weighted by Crippen LogP contribution is -2.35. The SMILES string of the molecule is CCC1CCC(NC2=NC(C(C)C)CS2)C1C. The lowest BCUT2D eigenvalue weighted by atomic mass is 9.94. The van der Waals surface area contributed by atoms with Gasteiger partial charge in [-0.25, -0.2) is 0 Å². The second-order valence-electron chi connectivity index (χ2n) is 5.91. The molecule has 4 unspecified atom stereocenters. The molecule has 0 spiro atoms. The Hall–Kier alpha value is -0.180. The van der Waals surface area contributed by atoms with Crippen molar-refractivity contribution in [3.8, 4) is 0 Å². The fourth-order valence-electron chi connectivity index (χ4n) is 3.00. The third-order valence-electron chi connectivity index (χ3n) is 4.50. The van der Waals surface area contributed by atoms with Crippen molar-refractivity contribution in [3.63, 3.8) is 0 Å². The Morgan fingerprint density at radius 3 is 2.71 bits per heavy atom. The highest BCUT2D eigenvalue weighted by Gasteiger charge is 2.33. The van der Waals surface area contributed by atoms with Crippen molar-refractivity contribution in [2.45, 2.75) is 59.0 Å². The first kappa shape index (κ1) is 13.3. The van der Waals surface area contributed by atoms with Crippen LogP contribution in [0.2, 0.25) is 0 Å². The number of nitrogens with zero attached hydrogens (tertiary/aromatic N) is 1. The number of nitrogens with one attached hydrogen (secondary N) is 1. The van der Waals surface area contributed by atoms with Crippen molar-refractivity contribution in [1.29, 1.82) is 0 Å². The summed E-state index contributed by atoms with van der Waals surface area (Å²) in [5.74, 6) is 3.56. The fraction of sp³-hybridized carbons (Fsp3) is 0.929. The minimum Gasteiger partial charge on any atom is -0.362 e. The van der Waals surface area contributed by atoms with E-state index in [-0.39, 0.29) is 0 Å². The van der Waals surface area contributed by atoms with Crippen LogP contribution in [0.5, 0.6) is 0 Å². The Morgan fingerprint density at radius 1 is 1.41 bits per heavy atom. The van der Waals surface area contributed by atoms with Crippen molar-refractivity contribution < 1.29 is 0 Å². The van der Waals surface area contributed by atoms with E-state index in [1.165, 1.54) is 24.4 Å². The maximum Gasteiger partial charge on any atom is 0.157 e. The fourth-order valence-corrected chi connectivity index (χ4v) is 4.23. The molecule has 0 aromatic carbocycles. The highest BCUT2D eigenvalue weighted by molar-refractivity contribution is 8.14. The predicted octanol–water partition coefficient (Wildman–Crippen LogP) is 3.53. The van der Waals surface area contributed by atoms with Gasteiger partial charge in [0.15, 0.2) is 5.17 Å². The van der Waals surface area contributed by atoms with Crippen molar-refractivity contribution in [2.75, 3.05) is 5.75 Å². The number of rotatable bonds is 3. The first-order valence-electron chi connectivity index (χ1n) is 7.09. The normalized spacial score (nSPS) is 37.6. The van der Waals surface area contributed by atoms with E-state index in [1.54, 1.807) is 0 Å². The van der Waals surface area contributed by atoms with Gasteiger partial charge in [-0.05, 0) is 30.6 Å². The number of hydrogen-bond donors (Lipinski definition) is 1. The summed E-state index contributed by atoms with van der Waals surface area (Å²) in [6.45, 7) is 9.26. The summed E-state index contributed by atoms with van der Waals surface area (Å²) in [5.41, 5.74) is 0. The average Bonchev–Trinajstić information content (AvgIpc) is 2.88. The summed E-state index contributed by atoms with van der Waals surface area (Å²) in [6, 6.07) is 1.19.